The zero-order chi connectivity index (χ0) is 12.1. The minimum Gasteiger partial charge on any atom is -0.395 e. The number of H-pyrrole nitrogens is 1. The molecule has 1 amide bonds. The fourth-order valence-corrected chi connectivity index (χ4v) is 2.30. The van der Waals surface area contributed by atoms with Gasteiger partial charge >= 0.3 is 0 Å². The van der Waals surface area contributed by atoms with Crippen LogP contribution in [0.1, 0.15) is 0 Å². The van der Waals surface area contributed by atoms with Crippen LogP contribution in [0, 0.1) is 0 Å². The number of carbonyl (C=O) groups excluding carboxylic acids is 1. The normalized spacial score (nSPS) is 10.6. The summed E-state index contributed by atoms with van der Waals surface area (Å²) in [5.74, 6) is 0.287. The molecule has 0 spiro atoms. The van der Waals surface area contributed by atoms with Crippen molar-refractivity contribution in [1.82, 2.24) is 10.3 Å². The van der Waals surface area contributed by atoms with E-state index in [4.69, 9.17) is 5.11 Å². The van der Waals surface area contributed by atoms with Crippen molar-refractivity contribution in [3.63, 3.8) is 0 Å². The largest absolute Gasteiger partial charge is 0.395 e. The Labute approximate surface area is 103 Å². The standard InChI is InChI=1S/C12H14N2O2S/c15-6-5-13-11(16)8-17-12-7-9-3-1-2-4-10(9)14-12/h1-4,7,14-15H,5-6,8H2,(H,13,16). The van der Waals surface area contributed by atoms with Crippen LogP contribution in [0.15, 0.2) is 35.4 Å². The molecular formula is C12H14N2O2S. The molecule has 0 bridgehead atoms. The second-order valence-corrected chi connectivity index (χ2v) is 4.60. The first-order valence-corrected chi connectivity index (χ1v) is 6.36. The van der Waals surface area contributed by atoms with Crippen LogP contribution in [-0.2, 0) is 4.79 Å². The summed E-state index contributed by atoms with van der Waals surface area (Å²) in [6.07, 6.45) is 0. The molecule has 2 aromatic rings. The molecule has 0 saturated carbocycles. The molecule has 1 heterocycles. The van der Waals surface area contributed by atoms with Crippen LogP contribution >= 0.6 is 11.8 Å². The van der Waals surface area contributed by atoms with E-state index in [0.717, 1.165) is 15.9 Å². The van der Waals surface area contributed by atoms with Crippen molar-refractivity contribution in [2.45, 2.75) is 5.03 Å². The number of aliphatic hydroxyl groups is 1. The second kappa shape index (κ2) is 5.75. The van der Waals surface area contributed by atoms with E-state index in [1.807, 2.05) is 30.3 Å². The predicted molar refractivity (Wildman–Crippen MR) is 69.1 cm³/mol. The van der Waals surface area contributed by atoms with Gasteiger partial charge in [-0.3, -0.25) is 4.79 Å². The molecule has 3 N–H and O–H groups in total. The Kier molecular flexibility index (Phi) is 4.06. The molecule has 0 aliphatic rings. The zero-order valence-electron chi connectivity index (χ0n) is 9.27. The van der Waals surface area contributed by atoms with Gasteiger partial charge in [0.05, 0.1) is 17.4 Å². The number of nitrogens with one attached hydrogen (secondary N) is 2. The Balaban J connectivity index is 1.92. The first-order valence-electron chi connectivity index (χ1n) is 5.37. The number of fused-ring (bicyclic) bond motifs is 1. The maximum Gasteiger partial charge on any atom is 0.230 e. The molecule has 5 heteroatoms. The minimum atomic E-state index is -0.0669. The third-order valence-electron chi connectivity index (χ3n) is 2.30. The van der Waals surface area contributed by atoms with E-state index in [2.05, 4.69) is 10.3 Å². The van der Waals surface area contributed by atoms with E-state index in [9.17, 15) is 4.79 Å². The summed E-state index contributed by atoms with van der Waals surface area (Å²) in [6.45, 7) is 0.287. The average Bonchev–Trinajstić information content (AvgIpc) is 2.76. The molecule has 0 aliphatic carbocycles. The second-order valence-electron chi connectivity index (χ2n) is 3.58. The smallest absolute Gasteiger partial charge is 0.230 e. The fraction of sp³-hybridized carbons (Fsp3) is 0.250. The van der Waals surface area contributed by atoms with Gasteiger partial charge in [-0.15, -0.1) is 0 Å². The average molecular weight is 250 g/mol. The topological polar surface area (TPSA) is 65.1 Å². The SMILES string of the molecule is O=C(CSc1cc2ccccc2[nH]1)NCCO. The summed E-state index contributed by atoms with van der Waals surface area (Å²) in [6, 6.07) is 10.0. The minimum absolute atomic E-state index is 0.0250. The van der Waals surface area contributed by atoms with Gasteiger partial charge in [-0.05, 0) is 12.1 Å². The summed E-state index contributed by atoms with van der Waals surface area (Å²) < 4.78 is 0. The molecule has 0 radical (unpaired) electrons. The zero-order valence-corrected chi connectivity index (χ0v) is 10.1. The number of para-hydroxylation sites is 1. The highest BCUT2D eigenvalue weighted by molar-refractivity contribution is 7.99. The van der Waals surface area contributed by atoms with Gasteiger partial charge in [0.25, 0.3) is 0 Å². The Morgan fingerprint density at radius 1 is 1.41 bits per heavy atom. The summed E-state index contributed by atoms with van der Waals surface area (Å²) in [7, 11) is 0. The molecule has 90 valence electrons. The number of aromatic amines is 1. The van der Waals surface area contributed by atoms with Gasteiger partial charge in [0.2, 0.25) is 5.91 Å². The van der Waals surface area contributed by atoms with E-state index < -0.39 is 0 Å². The Bertz CT molecular complexity index is 477. The Morgan fingerprint density at radius 3 is 3.00 bits per heavy atom. The highest BCUT2D eigenvalue weighted by atomic mass is 32.2. The summed E-state index contributed by atoms with van der Waals surface area (Å²) in [4.78, 5) is 14.6. The lowest BCUT2D eigenvalue weighted by atomic mass is 10.3. The molecule has 0 aliphatic heterocycles. The maximum atomic E-state index is 11.3. The molecule has 4 nitrogen and oxygen atoms in total. The van der Waals surface area contributed by atoms with Crippen LogP contribution in [0.3, 0.4) is 0 Å². The number of thioether (sulfide) groups is 1. The van der Waals surface area contributed by atoms with Crippen molar-refractivity contribution in [2.24, 2.45) is 0 Å². The van der Waals surface area contributed by atoms with Crippen molar-refractivity contribution < 1.29 is 9.90 Å². The third-order valence-corrected chi connectivity index (χ3v) is 3.24. The van der Waals surface area contributed by atoms with E-state index in [1.54, 1.807) is 0 Å². The number of hydrogen-bond acceptors (Lipinski definition) is 3. The third kappa shape index (κ3) is 3.25. The number of aromatic nitrogens is 1. The number of amides is 1. The molecule has 17 heavy (non-hydrogen) atoms. The van der Waals surface area contributed by atoms with Crippen LogP contribution < -0.4 is 5.32 Å². The highest BCUT2D eigenvalue weighted by Gasteiger charge is 2.04. The fourth-order valence-electron chi connectivity index (χ4n) is 1.51. The van der Waals surface area contributed by atoms with Gasteiger partial charge in [-0.25, -0.2) is 0 Å². The molecule has 0 saturated heterocycles. The Hall–Kier alpha value is -1.46. The van der Waals surface area contributed by atoms with E-state index >= 15 is 0 Å². The first kappa shape index (κ1) is 12.0. The van der Waals surface area contributed by atoms with Gasteiger partial charge in [0.15, 0.2) is 0 Å². The number of benzene rings is 1. The van der Waals surface area contributed by atoms with Crippen LogP contribution in [0.4, 0.5) is 0 Å². The van der Waals surface area contributed by atoms with Crippen molar-refractivity contribution in [3.8, 4) is 0 Å². The lowest BCUT2D eigenvalue weighted by molar-refractivity contribution is -0.118. The monoisotopic (exact) mass is 250 g/mol. The summed E-state index contributed by atoms with van der Waals surface area (Å²) in [5.41, 5.74) is 1.07. The predicted octanol–water partition coefficient (Wildman–Crippen LogP) is 1.37. The quantitative estimate of drug-likeness (QED) is 0.702. The first-order chi connectivity index (χ1) is 8.29. The number of aliphatic hydroxyl groups excluding tert-OH is 1. The highest BCUT2D eigenvalue weighted by Crippen LogP contribution is 2.22. The summed E-state index contributed by atoms with van der Waals surface area (Å²) in [5, 5.41) is 13.3. The molecule has 0 atom stereocenters. The van der Waals surface area contributed by atoms with Crippen LogP contribution in [0.25, 0.3) is 10.9 Å². The van der Waals surface area contributed by atoms with Crippen LogP contribution in [0.5, 0.6) is 0 Å². The summed E-state index contributed by atoms with van der Waals surface area (Å²) >= 11 is 1.46. The molecular weight excluding hydrogens is 236 g/mol. The van der Waals surface area contributed by atoms with Gasteiger partial charge < -0.3 is 15.4 Å². The molecule has 1 aromatic carbocycles. The van der Waals surface area contributed by atoms with Crippen LogP contribution in [0.2, 0.25) is 0 Å². The lowest BCUT2D eigenvalue weighted by Gasteiger charge is -2.01. The molecule has 0 unspecified atom stereocenters. The number of carbonyl (C=O) groups is 1. The lowest BCUT2D eigenvalue weighted by Crippen LogP contribution is -2.27. The van der Waals surface area contributed by atoms with Crippen molar-refractivity contribution in [2.75, 3.05) is 18.9 Å². The number of hydrogen-bond donors (Lipinski definition) is 3. The van der Waals surface area contributed by atoms with Crippen molar-refractivity contribution in [3.05, 3.63) is 30.3 Å². The van der Waals surface area contributed by atoms with E-state index in [-0.39, 0.29) is 12.5 Å². The molecule has 0 fully saturated rings. The van der Waals surface area contributed by atoms with Gasteiger partial charge in [0.1, 0.15) is 0 Å². The Morgan fingerprint density at radius 2 is 2.24 bits per heavy atom. The van der Waals surface area contributed by atoms with Crippen molar-refractivity contribution in [1.29, 1.82) is 0 Å². The van der Waals surface area contributed by atoms with Gasteiger partial charge in [0, 0.05) is 17.4 Å². The number of rotatable bonds is 5. The molecule has 1 aromatic heterocycles. The van der Waals surface area contributed by atoms with Crippen LogP contribution in [-0.4, -0.2) is 34.9 Å². The maximum absolute atomic E-state index is 11.3. The van der Waals surface area contributed by atoms with E-state index in [0.29, 0.717) is 12.3 Å². The van der Waals surface area contributed by atoms with Crippen molar-refractivity contribution >= 4 is 28.6 Å². The molecule has 2 rings (SSSR count). The van der Waals surface area contributed by atoms with Gasteiger partial charge in [-0.2, -0.15) is 0 Å². The van der Waals surface area contributed by atoms with E-state index in [1.165, 1.54) is 11.8 Å². The van der Waals surface area contributed by atoms with Gasteiger partial charge in [-0.1, -0.05) is 30.0 Å².